The predicted octanol–water partition coefficient (Wildman–Crippen LogP) is 2.66. The van der Waals surface area contributed by atoms with Gasteiger partial charge in [0.15, 0.2) is 0 Å². The van der Waals surface area contributed by atoms with Crippen LogP contribution in [0.1, 0.15) is 41.6 Å². The quantitative estimate of drug-likeness (QED) is 0.688. The first-order chi connectivity index (χ1) is 12.7. The highest BCUT2D eigenvalue weighted by molar-refractivity contribution is 7.15. The summed E-state index contributed by atoms with van der Waals surface area (Å²) in [5, 5.41) is 13.4. The minimum absolute atomic E-state index is 0.339. The number of anilines is 2. The third-order valence-electron chi connectivity index (χ3n) is 4.44. The maximum atomic E-state index is 4.74. The smallest absolute Gasteiger partial charge is 0.211 e. The van der Waals surface area contributed by atoms with Gasteiger partial charge < -0.3 is 10.3 Å². The van der Waals surface area contributed by atoms with Crippen molar-refractivity contribution in [3.8, 4) is 0 Å². The second-order valence-electron chi connectivity index (χ2n) is 6.49. The lowest BCUT2D eigenvalue weighted by molar-refractivity contribution is 0.318. The van der Waals surface area contributed by atoms with Crippen LogP contribution in [0.3, 0.4) is 0 Å². The first-order valence-corrected chi connectivity index (χ1v) is 9.67. The molecule has 2 N–H and O–H groups in total. The Morgan fingerprint density at radius 1 is 1.35 bits per heavy atom. The molecular formula is C17H22N8S. The molecule has 0 unspecified atom stereocenters. The summed E-state index contributed by atoms with van der Waals surface area (Å²) in [4.78, 5) is 19.3. The first-order valence-electron chi connectivity index (χ1n) is 8.85. The normalized spacial score (nSPS) is 17.7. The second-order valence-corrected chi connectivity index (χ2v) is 7.55. The predicted molar refractivity (Wildman–Crippen MR) is 101 cm³/mol. The van der Waals surface area contributed by atoms with Gasteiger partial charge in [0.25, 0.3) is 0 Å². The van der Waals surface area contributed by atoms with Gasteiger partial charge in [-0.1, -0.05) is 18.3 Å². The number of hydrogen-bond acceptors (Lipinski definition) is 8. The maximum absolute atomic E-state index is 4.74. The Kier molecular flexibility index (Phi) is 4.89. The molecule has 3 aromatic rings. The summed E-state index contributed by atoms with van der Waals surface area (Å²) >= 11 is 1.56. The van der Waals surface area contributed by atoms with Gasteiger partial charge in [0.2, 0.25) is 5.13 Å². The van der Waals surface area contributed by atoms with Crippen LogP contribution in [-0.2, 0) is 13.0 Å². The summed E-state index contributed by atoms with van der Waals surface area (Å²) in [5.41, 5.74) is 0.960. The Bertz CT molecular complexity index is 860. The summed E-state index contributed by atoms with van der Waals surface area (Å²) < 4.78 is 0. The van der Waals surface area contributed by atoms with Gasteiger partial charge in [0.05, 0.1) is 6.54 Å². The van der Waals surface area contributed by atoms with Crippen LogP contribution in [0, 0.1) is 6.92 Å². The number of rotatable bonds is 6. The molecule has 0 amide bonds. The molecule has 0 aliphatic carbocycles. The van der Waals surface area contributed by atoms with Crippen molar-refractivity contribution < 1.29 is 0 Å². The zero-order valence-corrected chi connectivity index (χ0v) is 15.8. The number of H-pyrrole nitrogens is 1. The van der Waals surface area contributed by atoms with Crippen LogP contribution in [0.5, 0.6) is 0 Å². The molecule has 1 aliphatic heterocycles. The molecular weight excluding hydrogens is 348 g/mol. The van der Waals surface area contributed by atoms with Gasteiger partial charge in [-0.15, -0.1) is 10.2 Å². The highest BCUT2D eigenvalue weighted by Crippen LogP contribution is 2.27. The zero-order chi connectivity index (χ0) is 17.9. The van der Waals surface area contributed by atoms with Crippen molar-refractivity contribution in [3.05, 3.63) is 40.8 Å². The van der Waals surface area contributed by atoms with E-state index < -0.39 is 0 Å². The molecule has 4 rings (SSSR count). The minimum atomic E-state index is 0.339. The Morgan fingerprint density at radius 2 is 2.27 bits per heavy atom. The van der Waals surface area contributed by atoms with Crippen molar-refractivity contribution >= 4 is 22.3 Å². The van der Waals surface area contributed by atoms with Crippen LogP contribution in [0.4, 0.5) is 10.9 Å². The minimum Gasteiger partial charge on any atom is -0.348 e. The molecule has 0 spiro atoms. The van der Waals surface area contributed by atoms with E-state index in [4.69, 9.17) is 4.98 Å². The van der Waals surface area contributed by atoms with E-state index in [0.29, 0.717) is 5.92 Å². The molecule has 9 heteroatoms. The van der Waals surface area contributed by atoms with E-state index in [1.54, 1.807) is 17.5 Å². The van der Waals surface area contributed by atoms with Gasteiger partial charge in [-0.3, -0.25) is 4.90 Å². The number of nitrogens with one attached hydrogen (secondary N) is 2. The fourth-order valence-electron chi connectivity index (χ4n) is 3.18. The number of nitrogens with zero attached hydrogens (tertiary/aromatic N) is 6. The van der Waals surface area contributed by atoms with Crippen LogP contribution in [0.25, 0.3) is 0 Å². The molecule has 0 saturated carbocycles. The molecule has 136 valence electrons. The van der Waals surface area contributed by atoms with Crippen LogP contribution < -0.4 is 5.32 Å². The molecule has 1 atom stereocenters. The molecule has 8 nitrogen and oxygen atoms in total. The van der Waals surface area contributed by atoms with E-state index in [1.165, 1.54) is 0 Å². The molecule has 1 fully saturated rings. The summed E-state index contributed by atoms with van der Waals surface area (Å²) in [6.07, 6.45) is 5.60. The van der Waals surface area contributed by atoms with E-state index in [1.807, 2.05) is 19.2 Å². The average Bonchev–Trinajstić information content (AvgIpc) is 3.36. The van der Waals surface area contributed by atoms with Gasteiger partial charge in [0.1, 0.15) is 22.5 Å². The Balaban J connectivity index is 1.45. The van der Waals surface area contributed by atoms with Crippen molar-refractivity contribution in [2.75, 3.05) is 18.4 Å². The summed E-state index contributed by atoms with van der Waals surface area (Å²) in [6.45, 7) is 6.89. The van der Waals surface area contributed by atoms with E-state index in [9.17, 15) is 0 Å². The Hall–Kier alpha value is -2.39. The number of aromatic nitrogens is 6. The van der Waals surface area contributed by atoms with Gasteiger partial charge in [-0.2, -0.15) is 0 Å². The van der Waals surface area contributed by atoms with Gasteiger partial charge in [-0.25, -0.2) is 15.0 Å². The summed E-state index contributed by atoms with van der Waals surface area (Å²) in [7, 11) is 0. The summed E-state index contributed by atoms with van der Waals surface area (Å²) in [6, 6.07) is 1.95. The van der Waals surface area contributed by atoms with Crippen LogP contribution in [0.15, 0.2) is 18.5 Å². The first kappa shape index (κ1) is 17.0. The topological polar surface area (TPSA) is 95.5 Å². The highest BCUT2D eigenvalue weighted by Gasteiger charge is 2.27. The van der Waals surface area contributed by atoms with Crippen molar-refractivity contribution in [2.24, 2.45) is 0 Å². The van der Waals surface area contributed by atoms with Gasteiger partial charge in [0, 0.05) is 36.6 Å². The van der Waals surface area contributed by atoms with Crippen LogP contribution in [-0.4, -0.2) is 48.1 Å². The number of imidazole rings is 1. The van der Waals surface area contributed by atoms with Gasteiger partial charge >= 0.3 is 0 Å². The molecule has 3 aromatic heterocycles. The molecule has 0 radical (unpaired) electrons. The van der Waals surface area contributed by atoms with E-state index >= 15 is 0 Å². The molecule has 26 heavy (non-hydrogen) atoms. The van der Waals surface area contributed by atoms with E-state index in [0.717, 1.165) is 65.8 Å². The van der Waals surface area contributed by atoms with Crippen LogP contribution in [0.2, 0.25) is 0 Å². The van der Waals surface area contributed by atoms with Crippen molar-refractivity contribution in [3.63, 3.8) is 0 Å². The van der Waals surface area contributed by atoms with Gasteiger partial charge in [-0.05, 0) is 26.3 Å². The Labute approximate surface area is 156 Å². The molecule has 0 aromatic carbocycles. The monoisotopic (exact) mass is 370 g/mol. The fourth-order valence-corrected chi connectivity index (χ4v) is 3.86. The van der Waals surface area contributed by atoms with Crippen LogP contribution >= 0.6 is 11.3 Å². The second kappa shape index (κ2) is 7.46. The SMILES string of the molecule is CCc1nnc(Nc2cc(C)nc([C@H]3CCN(Cc4ncc[nH]4)C3)n2)s1. The number of hydrogen-bond donors (Lipinski definition) is 2. The van der Waals surface area contributed by atoms with Crippen molar-refractivity contribution in [1.82, 2.24) is 35.0 Å². The lowest BCUT2D eigenvalue weighted by Crippen LogP contribution is -2.21. The molecule has 1 aliphatic rings. The van der Waals surface area contributed by atoms with E-state index in [2.05, 4.69) is 42.3 Å². The average molecular weight is 370 g/mol. The van der Waals surface area contributed by atoms with Crippen molar-refractivity contribution in [2.45, 2.75) is 39.2 Å². The largest absolute Gasteiger partial charge is 0.348 e. The van der Waals surface area contributed by atoms with Crippen molar-refractivity contribution in [1.29, 1.82) is 0 Å². The lowest BCUT2D eigenvalue weighted by Gasteiger charge is -2.14. The highest BCUT2D eigenvalue weighted by atomic mass is 32.1. The number of aryl methyl sites for hydroxylation is 2. The number of likely N-dealkylation sites (tertiary alicyclic amines) is 1. The Morgan fingerprint density at radius 3 is 3.04 bits per heavy atom. The zero-order valence-electron chi connectivity index (χ0n) is 14.9. The molecule has 1 saturated heterocycles. The third-order valence-corrected chi connectivity index (χ3v) is 5.42. The van der Waals surface area contributed by atoms with E-state index in [-0.39, 0.29) is 0 Å². The molecule has 4 heterocycles. The molecule has 0 bridgehead atoms. The maximum Gasteiger partial charge on any atom is 0.211 e. The standard InChI is InChI=1S/C17H22N8S/c1-3-15-23-24-17(26-15)22-13-8-11(2)20-16(21-13)12-4-7-25(9-12)10-14-18-5-6-19-14/h5-6,8,12H,3-4,7,9-10H2,1-2H3,(H,18,19)(H,20,21,22,24)/t12-/m0/s1. The fraction of sp³-hybridized carbons (Fsp3) is 0.471. The third kappa shape index (κ3) is 3.88. The number of aromatic amines is 1. The lowest BCUT2D eigenvalue weighted by atomic mass is 10.1. The summed E-state index contributed by atoms with van der Waals surface area (Å²) in [5.74, 6) is 3.03.